The molecule has 0 atom stereocenters. The normalized spacial score (nSPS) is 10.9. The van der Waals surface area contributed by atoms with Gasteiger partial charge in [0.1, 0.15) is 0 Å². The van der Waals surface area contributed by atoms with E-state index >= 15 is 0 Å². The fourth-order valence-corrected chi connectivity index (χ4v) is 2.34. The molecule has 0 unspecified atom stereocenters. The predicted molar refractivity (Wildman–Crippen MR) is 94.5 cm³/mol. The van der Waals surface area contributed by atoms with Gasteiger partial charge >= 0.3 is 0 Å². The lowest BCUT2D eigenvalue weighted by Crippen LogP contribution is -2.20. The van der Waals surface area contributed by atoms with E-state index in [1.165, 1.54) is 6.08 Å². The smallest absolute Gasteiger partial charge is 0.244 e. The summed E-state index contributed by atoms with van der Waals surface area (Å²) in [7, 11) is 1.66. The Morgan fingerprint density at radius 1 is 1.13 bits per heavy atom. The zero-order chi connectivity index (χ0) is 16.7. The zero-order valence-corrected chi connectivity index (χ0v) is 14.2. The number of carbonyl (C=O) groups excluding carboxylic acids is 1. The van der Waals surface area contributed by atoms with Crippen molar-refractivity contribution < 1.29 is 9.53 Å². The van der Waals surface area contributed by atoms with Crippen molar-refractivity contribution in [2.45, 2.75) is 13.2 Å². The molecule has 2 aromatic rings. The van der Waals surface area contributed by atoms with Crippen LogP contribution in [0.4, 0.5) is 0 Å². The standard InChI is InChI=1S/C18H17Cl2NO2/c1-23-12-15-4-2-3-14(9-15)11-21-18(22)8-6-13-5-7-16(19)17(20)10-13/h2-10H,11-12H2,1H3,(H,21,22)/b8-6+. The van der Waals surface area contributed by atoms with Gasteiger partial charge in [0.2, 0.25) is 5.91 Å². The molecule has 0 aliphatic heterocycles. The van der Waals surface area contributed by atoms with Crippen LogP contribution in [0.3, 0.4) is 0 Å². The molecule has 1 N–H and O–H groups in total. The van der Waals surface area contributed by atoms with E-state index < -0.39 is 0 Å². The van der Waals surface area contributed by atoms with Gasteiger partial charge in [0, 0.05) is 19.7 Å². The van der Waals surface area contributed by atoms with Gasteiger partial charge in [-0.1, -0.05) is 53.5 Å². The Hall–Kier alpha value is -1.81. The third-order valence-electron chi connectivity index (χ3n) is 3.14. The van der Waals surface area contributed by atoms with Gasteiger partial charge in [0.15, 0.2) is 0 Å². The van der Waals surface area contributed by atoms with Gasteiger partial charge in [0.05, 0.1) is 16.7 Å². The molecule has 23 heavy (non-hydrogen) atoms. The quantitative estimate of drug-likeness (QED) is 0.781. The first-order chi connectivity index (χ1) is 11.1. The number of carbonyl (C=O) groups is 1. The molecule has 0 aliphatic carbocycles. The third-order valence-corrected chi connectivity index (χ3v) is 3.88. The molecule has 120 valence electrons. The average molecular weight is 350 g/mol. The molecule has 0 radical (unpaired) electrons. The third kappa shape index (κ3) is 5.71. The second kappa shape index (κ2) is 8.73. The van der Waals surface area contributed by atoms with Gasteiger partial charge < -0.3 is 10.1 Å². The first-order valence-corrected chi connectivity index (χ1v) is 7.82. The van der Waals surface area contributed by atoms with Crippen molar-refractivity contribution in [1.29, 1.82) is 0 Å². The minimum absolute atomic E-state index is 0.173. The highest BCUT2D eigenvalue weighted by atomic mass is 35.5. The van der Waals surface area contributed by atoms with E-state index in [0.29, 0.717) is 23.2 Å². The highest BCUT2D eigenvalue weighted by Gasteiger charge is 2.00. The van der Waals surface area contributed by atoms with Gasteiger partial charge in [-0.2, -0.15) is 0 Å². The number of methoxy groups -OCH3 is 1. The van der Waals surface area contributed by atoms with Crippen molar-refractivity contribution in [1.82, 2.24) is 5.32 Å². The number of nitrogens with one attached hydrogen (secondary N) is 1. The molecule has 3 nitrogen and oxygen atoms in total. The van der Waals surface area contributed by atoms with Gasteiger partial charge in [-0.3, -0.25) is 4.79 Å². The summed E-state index contributed by atoms with van der Waals surface area (Å²) in [6.07, 6.45) is 3.16. The van der Waals surface area contributed by atoms with Crippen molar-refractivity contribution in [3.63, 3.8) is 0 Å². The maximum atomic E-state index is 11.9. The van der Waals surface area contributed by atoms with E-state index in [4.69, 9.17) is 27.9 Å². The van der Waals surface area contributed by atoms with Crippen LogP contribution in [0.15, 0.2) is 48.5 Å². The summed E-state index contributed by atoms with van der Waals surface area (Å²) < 4.78 is 5.10. The minimum Gasteiger partial charge on any atom is -0.380 e. The number of hydrogen-bond acceptors (Lipinski definition) is 2. The fourth-order valence-electron chi connectivity index (χ4n) is 2.03. The zero-order valence-electron chi connectivity index (χ0n) is 12.7. The molecule has 0 aromatic heterocycles. The van der Waals surface area contributed by atoms with E-state index in [2.05, 4.69) is 5.32 Å². The lowest BCUT2D eigenvalue weighted by atomic mass is 10.1. The molecule has 2 rings (SSSR count). The Labute approximate surface area is 145 Å². The Balaban J connectivity index is 1.90. The Kier molecular flexibility index (Phi) is 6.66. The molecule has 0 saturated heterocycles. The van der Waals surface area contributed by atoms with Crippen molar-refractivity contribution in [3.05, 3.63) is 75.3 Å². The summed E-state index contributed by atoms with van der Waals surface area (Å²) in [5.74, 6) is -0.173. The summed E-state index contributed by atoms with van der Waals surface area (Å²) in [4.78, 5) is 11.9. The van der Waals surface area contributed by atoms with Gasteiger partial charge in [-0.05, 0) is 34.9 Å². The molecule has 1 amide bonds. The summed E-state index contributed by atoms with van der Waals surface area (Å²) in [5.41, 5.74) is 2.91. The van der Waals surface area contributed by atoms with Crippen LogP contribution in [0.1, 0.15) is 16.7 Å². The molecule has 0 heterocycles. The van der Waals surface area contributed by atoms with Crippen LogP contribution < -0.4 is 5.32 Å². The first kappa shape index (κ1) is 17.5. The topological polar surface area (TPSA) is 38.3 Å². The van der Waals surface area contributed by atoms with Crippen LogP contribution in [0.5, 0.6) is 0 Å². The Morgan fingerprint density at radius 2 is 1.91 bits per heavy atom. The summed E-state index contributed by atoms with van der Waals surface area (Å²) in [6.45, 7) is 1.01. The summed E-state index contributed by atoms with van der Waals surface area (Å²) >= 11 is 11.8. The lowest BCUT2D eigenvalue weighted by molar-refractivity contribution is -0.116. The minimum atomic E-state index is -0.173. The summed E-state index contributed by atoms with van der Waals surface area (Å²) in [5, 5.41) is 3.79. The predicted octanol–water partition coefficient (Wildman–Crippen LogP) is 4.47. The van der Waals surface area contributed by atoms with Crippen molar-refractivity contribution >= 4 is 35.2 Å². The SMILES string of the molecule is COCc1cccc(CNC(=O)/C=C/c2ccc(Cl)c(Cl)c2)c1. The van der Waals surface area contributed by atoms with Crippen molar-refractivity contribution in [3.8, 4) is 0 Å². The van der Waals surface area contributed by atoms with E-state index in [1.54, 1.807) is 31.4 Å². The van der Waals surface area contributed by atoms with E-state index in [1.807, 2.05) is 24.3 Å². The Morgan fingerprint density at radius 3 is 2.65 bits per heavy atom. The van der Waals surface area contributed by atoms with Crippen LogP contribution in [0.2, 0.25) is 10.0 Å². The van der Waals surface area contributed by atoms with Crippen LogP contribution in [-0.2, 0) is 22.7 Å². The molecule has 0 bridgehead atoms. The van der Waals surface area contributed by atoms with Crippen LogP contribution in [-0.4, -0.2) is 13.0 Å². The highest BCUT2D eigenvalue weighted by Crippen LogP contribution is 2.23. The van der Waals surface area contributed by atoms with Crippen LogP contribution in [0, 0.1) is 0 Å². The second-order valence-electron chi connectivity index (χ2n) is 4.98. The average Bonchev–Trinajstić information content (AvgIpc) is 2.55. The molecule has 0 saturated carbocycles. The second-order valence-corrected chi connectivity index (χ2v) is 5.79. The molecule has 0 spiro atoms. The largest absolute Gasteiger partial charge is 0.380 e. The van der Waals surface area contributed by atoms with Crippen molar-refractivity contribution in [2.75, 3.05) is 7.11 Å². The molecule has 5 heteroatoms. The number of amides is 1. The van der Waals surface area contributed by atoms with Gasteiger partial charge in [-0.25, -0.2) is 0 Å². The first-order valence-electron chi connectivity index (χ1n) is 7.06. The fraction of sp³-hybridized carbons (Fsp3) is 0.167. The highest BCUT2D eigenvalue weighted by molar-refractivity contribution is 6.42. The van der Waals surface area contributed by atoms with Gasteiger partial charge in [0.25, 0.3) is 0 Å². The number of rotatable bonds is 6. The molecule has 2 aromatic carbocycles. The van der Waals surface area contributed by atoms with E-state index in [9.17, 15) is 4.79 Å². The number of ether oxygens (including phenoxy) is 1. The number of hydrogen-bond donors (Lipinski definition) is 1. The maximum absolute atomic E-state index is 11.9. The van der Waals surface area contributed by atoms with E-state index in [0.717, 1.165) is 16.7 Å². The number of benzene rings is 2. The van der Waals surface area contributed by atoms with E-state index in [-0.39, 0.29) is 5.91 Å². The molecule has 0 aliphatic rings. The van der Waals surface area contributed by atoms with Crippen LogP contribution in [0.25, 0.3) is 6.08 Å². The lowest BCUT2D eigenvalue weighted by Gasteiger charge is -2.05. The van der Waals surface area contributed by atoms with Crippen molar-refractivity contribution in [2.24, 2.45) is 0 Å². The summed E-state index contributed by atoms with van der Waals surface area (Å²) in [6, 6.07) is 13.1. The monoisotopic (exact) mass is 349 g/mol. The van der Waals surface area contributed by atoms with Gasteiger partial charge in [-0.15, -0.1) is 0 Å². The maximum Gasteiger partial charge on any atom is 0.244 e. The Bertz CT molecular complexity index is 714. The number of halogens is 2. The molecular weight excluding hydrogens is 333 g/mol. The molecular formula is C18H17Cl2NO2. The molecule has 0 fully saturated rings. The van der Waals surface area contributed by atoms with Crippen LogP contribution >= 0.6 is 23.2 Å².